The number of nitrogens with zero attached hydrogens (tertiary/aromatic N) is 3. The average Bonchev–Trinajstić information content (AvgIpc) is 2.74. The van der Waals surface area contributed by atoms with Crippen molar-refractivity contribution >= 4 is 8.56 Å². The lowest BCUT2D eigenvalue weighted by Gasteiger charge is -2.40. The van der Waals surface area contributed by atoms with E-state index in [0.717, 1.165) is 6.04 Å². The SMILES string of the molecule is CCCN(C)CCCC(CCCN(C)CCC)(CCCN(C)CCC)C[Si](C)(OC)OC. The van der Waals surface area contributed by atoms with Crippen LogP contribution in [0.2, 0.25) is 12.6 Å². The Morgan fingerprint density at radius 3 is 1.16 bits per heavy atom. The largest absolute Gasteiger partial charge is 0.398 e. The molecule has 32 heavy (non-hydrogen) atoms. The molecule has 0 aliphatic carbocycles. The van der Waals surface area contributed by atoms with Gasteiger partial charge < -0.3 is 23.6 Å². The van der Waals surface area contributed by atoms with Gasteiger partial charge in [-0.2, -0.15) is 0 Å². The van der Waals surface area contributed by atoms with E-state index in [9.17, 15) is 0 Å². The average molecular weight is 474 g/mol. The van der Waals surface area contributed by atoms with Crippen molar-refractivity contribution in [3.05, 3.63) is 0 Å². The minimum absolute atomic E-state index is 0.320. The zero-order valence-corrected chi connectivity index (χ0v) is 24.5. The van der Waals surface area contributed by atoms with Crippen molar-refractivity contribution in [3.63, 3.8) is 0 Å². The second-order valence-corrected chi connectivity index (χ2v) is 13.9. The zero-order valence-electron chi connectivity index (χ0n) is 23.5. The third-order valence-electron chi connectivity index (χ3n) is 7.12. The van der Waals surface area contributed by atoms with Crippen LogP contribution < -0.4 is 0 Å². The maximum Gasteiger partial charge on any atom is 0.334 e. The molecule has 194 valence electrons. The van der Waals surface area contributed by atoms with E-state index >= 15 is 0 Å². The molecule has 0 aromatic rings. The Morgan fingerprint density at radius 2 is 0.906 bits per heavy atom. The number of hydrogen-bond acceptors (Lipinski definition) is 5. The Bertz CT molecular complexity index is 390. The van der Waals surface area contributed by atoms with Gasteiger partial charge in [-0.15, -0.1) is 0 Å². The van der Waals surface area contributed by atoms with Gasteiger partial charge in [-0.3, -0.25) is 0 Å². The zero-order chi connectivity index (χ0) is 24.5. The van der Waals surface area contributed by atoms with Crippen molar-refractivity contribution in [2.75, 3.05) is 74.6 Å². The van der Waals surface area contributed by atoms with E-state index in [1.165, 1.54) is 97.1 Å². The Balaban J connectivity index is 5.41. The van der Waals surface area contributed by atoms with Crippen LogP contribution in [-0.2, 0) is 8.85 Å². The topological polar surface area (TPSA) is 28.2 Å². The molecule has 0 heterocycles. The Kier molecular flexibility index (Phi) is 18.4. The molecule has 0 unspecified atom stereocenters. The van der Waals surface area contributed by atoms with Gasteiger partial charge in [0, 0.05) is 14.2 Å². The fourth-order valence-corrected chi connectivity index (χ4v) is 7.55. The first-order valence-electron chi connectivity index (χ1n) is 13.4. The molecule has 0 saturated heterocycles. The number of hydrogen-bond donors (Lipinski definition) is 0. The molecule has 0 aliphatic rings. The van der Waals surface area contributed by atoms with Gasteiger partial charge >= 0.3 is 8.56 Å². The molecule has 0 fully saturated rings. The van der Waals surface area contributed by atoms with E-state index in [4.69, 9.17) is 8.85 Å². The Morgan fingerprint density at radius 1 is 0.594 bits per heavy atom. The Labute approximate surface area is 203 Å². The van der Waals surface area contributed by atoms with Crippen LogP contribution in [0.3, 0.4) is 0 Å². The van der Waals surface area contributed by atoms with E-state index in [1.54, 1.807) is 0 Å². The lowest BCUT2D eigenvalue weighted by molar-refractivity contribution is 0.160. The minimum Gasteiger partial charge on any atom is -0.398 e. The van der Waals surface area contributed by atoms with Crippen LogP contribution in [0.1, 0.15) is 78.6 Å². The molecule has 0 amide bonds. The van der Waals surface area contributed by atoms with E-state index in [-0.39, 0.29) is 0 Å². The van der Waals surface area contributed by atoms with Crippen molar-refractivity contribution in [3.8, 4) is 0 Å². The van der Waals surface area contributed by atoms with Gasteiger partial charge in [0.25, 0.3) is 0 Å². The second-order valence-electron chi connectivity index (χ2n) is 10.4. The molecular weight excluding hydrogens is 414 g/mol. The van der Waals surface area contributed by atoms with Gasteiger partial charge in [-0.1, -0.05) is 20.8 Å². The minimum atomic E-state index is -2.15. The smallest absolute Gasteiger partial charge is 0.334 e. The van der Waals surface area contributed by atoms with Crippen LogP contribution in [0, 0.1) is 5.41 Å². The second kappa shape index (κ2) is 18.4. The summed E-state index contributed by atoms with van der Waals surface area (Å²) < 4.78 is 12.1. The highest BCUT2D eigenvalue weighted by atomic mass is 28.4. The van der Waals surface area contributed by atoms with E-state index in [2.05, 4.69) is 63.2 Å². The maximum atomic E-state index is 6.03. The van der Waals surface area contributed by atoms with Gasteiger partial charge in [0.05, 0.1) is 0 Å². The van der Waals surface area contributed by atoms with Crippen LogP contribution in [0.15, 0.2) is 0 Å². The van der Waals surface area contributed by atoms with Gasteiger partial charge in [0.2, 0.25) is 0 Å². The molecule has 0 aromatic heterocycles. The van der Waals surface area contributed by atoms with Gasteiger partial charge in [-0.25, -0.2) is 0 Å². The first kappa shape index (κ1) is 32.0. The van der Waals surface area contributed by atoms with Crippen LogP contribution in [0.4, 0.5) is 0 Å². The lowest BCUT2D eigenvalue weighted by atomic mass is 9.76. The molecule has 0 aliphatic heterocycles. The van der Waals surface area contributed by atoms with E-state index in [1.807, 2.05) is 14.2 Å². The summed E-state index contributed by atoms with van der Waals surface area (Å²) in [7, 11) is 8.39. The molecule has 0 bridgehead atoms. The monoisotopic (exact) mass is 473 g/mol. The molecule has 0 aromatic carbocycles. The molecule has 0 spiro atoms. The molecule has 0 rings (SSSR count). The summed E-state index contributed by atoms with van der Waals surface area (Å²) in [5.74, 6) is 0. The van der Waals surface area contributed by atoms with Gasteiger partial charge in [0.1, 0.15) is 0 Å². The highest BCUT2D eigenvalue weighted by molar-refractivity contribution is 6.66. The highest BCUT2D eigenvalue weighted by Gasteiger charge is 2.41. The summed E-state index contributed by atoms with van der Waals surface area (Å²) in [6.45, 7) is 16.2. The van der Waals surface area contributed by atoms with E-state index < -0.39 is 8.56 Å². The summed E-state index contributed by atoms with van der Waals surface area (Å²) in [6, 6.07) is 1.11. The summed E-state index contributed by atoms with van der Waals surface area (Å²) in [4.78, 5) is 7.49. The quantitative estimate of drug-likeness (QED) is 0.188. The van der Waals surface area contributed by atoms with Crippen LogP contribution in [0.25, 0.3) is 0 Å². The normalized spacial score (nSPS) is 13.1. The third-order valence-corrected chi connectivity index (χ3v) is 10.2. The number of rotatable bonds is 22. The van der Waals surface area contributed by atoms with Crippen molar-refractivity contribution in [2.45, 2.75) is 91.1 Å². The van der Waals surface area contributed by atoms with Gasteiger partial charge in [0.15, 0.2) is 0 Å². The van der Waals surface area contributed by atoms with Gasteiger partial charge in [-0.05, 0) is 136 Å². The molecule has 0 atom stereocenters. The Hall–Kier alpha value is 0.0169. The fraction of sp³-hybridized carbons (Fsp3) is 1.00. The fourth-order valence-electron chi connectivity index (χ4n) is 5.20. The molecule has 0 N–H and O–H groups in total. The van der Waals surface area contributed by atoms with Crippen LogP contribution in [0.5, 0.6) is 0 Å². The predicted molar refractivity (Wildman–Crippen MR) is 144 cm³/mol. The van der Waals surface area contributed by atoms with Crippen LogP contribution in [-0.4, -0.2) is 97.9 Å². The van der Waals surface area contributed by atoms with Crippen LogP contribution >= 0.6 is 0 Å². The predicted octanol–water partition coefficient (Wildman–Crippen LogP) is 5.70. The van der Waals surface area contributed by atoms with E-state index in [0.29, 0.717) is 5.41 Å². The summed E-state index contributed by atoms with van der Waals surface area (Å²) in [5.41, 5.74) is 0.320. The molecular formula is C26H59N3O2Si. The first-order valence-corrected chi connectivity index (χ1v) is 15.9. The third kappa shape index (κ3) is 14.3. The van der Waals surface area contributed by atoms with Crippen molar-refractivity contribution in [1.29, 1.82) is 0 Å². The van der Waals surface area contributed by atoms with Crippen molar-refractivity contribution in [2.24, 2.45) is 5.41 Å². The molecule has 0 radical (unpaired) electrons. The lowest BCUT2D eigenvalue weighted by Crippen LogP contribution is -2.43. The summed E-state index contributed by atoms with van der Waals surface area (Å²) in [6.07, 6.45) is 11.3. The van der Waals surface area contributed by atoms with Crippen molar-refractivity contribution < 1.29 is 8.85 Å². The standard InChI is InChI=1S/C26H59N3O2Si/c1-10-19-27(4)22-13-16-26(25-32(9,30-7)31-8,17-14-23-28(5)20-11-2)18-15-24-29(6)21-12-3/h10-25H2,1-9H3. The summed E-state index contributed by atoms with van der Waals surface area (Å²) >= 11 is 0. The summed E-state index contributed by atoms with van der Waals surface area (Å²) in [5, 5.41) is 0. The van der Waals surface area contributed by atoms with Crippen molar-refractivity contribution in [1.82, 2.24) is 14.7 Å². The molecule has 0 saturated carbocycles. The first-order chi connectivity index (χ1) is 15.2. The molecule has 5 nitrogen and oxygen atoms in total. The maximum absolute atomic E-state index is 6.03. The highest BCUT2D eigenvalue weighted by Crippen LogP contribution is 2.43. The molecule has 6 heteroatoms.